The summed E-state index contributed by atoms with van der Waals surface area (Å²) in [5.41, 5.74) is 1.11. The van der Waals surface area contributed by atoms with Crippen molar-refractivity contribution in [3.05, 3.63) is 11.9 Å². The first-order valence-corrected chi connectivity index (χ1v) is 5.38. The van der Waals surface area contributed by atoms with Gasteiger partial charge in [0.05, 0.1) is 17.5 Å². The number of nitrogens with zero attached hydrogens (tertiary/aromatic N) is 3. The van der Waals surface area contributed by atoms with E-state index < -0.39 is 0 Å². The third-order valence-corrected chi connectivity index (χ3v) is 2.91. The first-order chi connectivity index (χ1) is 7.20. The van der Waals surface area contributed by atoms with Crippen molar-refractivity contribution in [1.29, 1.82) is 0 Å². The molecule has 5 heteroatoms. The second-order valence-corrected chi connectivity index (χ2v) is 4.35. The maximum atomic E-state index is 5.69. The number of aryl methyl sites for hydroxylation is 1. The number of aromatic nitrogens is 3. The van der Waals surface area contributed by atoms with Gasteiger partial charge in [-0.1, -0.05) is 5.21 Å². The van der Waals surface area contributed by atoms with E-state index in [-0.39, 0.29) is 5.60 Å². The second kappa shape index (κ2) is 4.28. The van der Waals surface area contributed by atoms with Gasteiger partial charge in [-0.2, -0.15) is 0 Å². The summed E-state index contributed by atoms with van der Waals surface area (Å²) in [6.07, 6.45) is 4.10. The molecule has 0 aromatic carbocycles. The van der Waals surface area contributed by atoms with Gasteiger partial charge in [-0.3, -0.25) is 4.68 Å². The highest BCUT2D eigenvalue weighted by Crippen LogP contribution is 2.23. The maximum absolute atomic E-state index is 5.69. The Labute approximate surface area is 89.8 Å². The molecular formula is C10H18N4O. The standard InChI is InChI=1S/C10H18N4O/c1-10(4-3-5-15-10)8-11-6-9-7-12-13-14(9)2/h7,11H,3-6,8H2,1-2H3. The lowest BCUT2D eigenvalue weighted by atomic mass is 10.0. The van der Waals surface area contributed by atoms with Crippen molar-refractivity contribution >= 4 is 0 Å². The Bertz CT molecular complexity index is 317. The molecule has 5 nitrogen and oxygen atoms in total. The largest absolute Gasteiger partial charge is 0.374 e. The van der Waals surface area contributed by atoms with Gasteiger partial charge >= 0.3 is 0 Å². The van der Waals surface area contributed by atoms with E-state index in [1.165, 1.54) is 6.42 Å². The zero-order valence-corrected chi connectivity index (χ0v) is 9.36. The fourth-order valence-corrected chi connectivity index (χ4v) is 1.90. The van der Waals surface area contributed by atoms with Gasteiger partial charge in [0.2, 0.25) is 0 Å². The highest BCUT2D eigenvalue weighted by atomic mass is 16.5. The van der Waals surface area contributed by atoms with E-state index >= 15 is 0 Å². The predicted octanol–water partition coefficient (Wildman–Crippen LogP) is 0.474. The van der Waals surface area contributed by atoms with Crippen molar-refractivity contribution in [3.8, 4) is 0 Å². The van der Waals surface area contributed by atoms with E-state index in [1.54, 1.807) is 10.9 Å². The Hall–Kier alpha value is -0.940. The summed E-state index contributed by atoms with van der Waals surface area (Å²) in [7, 11) is 1.90. The van der Waals surface area contributed by atoms with Gasteiger partial charge in [0.15, 0.2) is 0 Å². The molecule has 1 aliphatic rings. The summed E-state index contributed by atoms with van der Waals surface area (Å²) in [6.45, 7) is 4.74. The highest BCUT2D eigenvalue weighted by Gasteiger charge is 2.28. The first-order valence-electron chi connectivity index (χ1n) is 5.38. The zero-order chi connectivity index (χ0) is 10.7. The van der Waals surface area contributed by atoms with Gasteiger partial charge in [0.25, 0.3) is 0 Å². The van der Waals surface area contributed by atoms with Crippen LogP contribution in [0.3, 0.4) is 0 Å². The lowest BCUT2D eigenvalue weighted by Crippen LogP contribution is -2.37. The Morgan fingerprint density at radius 3 is 3.13 bits per heavy atom. The van der Waals surface area contributed by atoms with E-state index in [0.29, 0.717) is 0 Å². The normalized spacial score (nSPS) is 26.0. The summed E-state index contributed by atoms with van der Waals surface area (Å²) in [4.78, 5) is 0. The number of nitrogens with one attached hydrogen (secondary N) is 1. The molecule has 2 rings (SSSR count). The molecule has 0 aliphatic carbocycles. The van der Waals surface area contributed by atoms with E-state index in [1.807, 2.05) is 7.05 Å². The molecule has 84 valence electrons. The van der Waals surface area contributed by atoms with E-state index in [2.05, 4.69) is 22.6 Å². The van der Waals surface area contributed by atoms with Gasteiger partial charge in [0.1, 0.15) is 0 Å². The smallest absolute Gasteiger partial charge is 0.0779 e. The lowest BCUT2D eigenvalue weighted by Gasteiger charge is -2.23. The van der Waals surface area contributed by atoms with Crippen LogP contribution in [0.1, 0.15) is 25.5 Å². The monoisotopic (exact) mass is 210 g/mol. The number of hydrogen-bond acceptors (Lipinski definition) is 4. The predicted molar refractivity (Wildman–Crippen MR) is 56.3 cm³/mol. The van der Waals surface area contributed by atoms with Crippen LogP contribution in [0.4, 0.5) is 0 Å². The van der Waals surface area contributed by atoms with Gasteiger partial charge in [-0.25, -0.2) is 0 Å². The molecular weight excluding hydrogens is 192 g/mol. The summed E-state index contributed by atoms with van der Waals surface area (Å²) in [6, 6.07) is 0. The fraction of sp³-hybridized carbons (Fsp3) is 0.800. The Morgan fingerprint density at radius 1 is 1.67 bits per heavy atom. The summed E-state index contributed by atoms with van der Waals surface area (Å²) in [5, 5.41) is 11.1. The van der Waals surface area contributed by atoms with E-state index in [0.717, 1.165) is 31.8 Å². The molecule has 1 aromatic rings. The summed E-state index contributed by atoms with van der Waals surface area (Å²) < 4.78 is 7.47. The van der Waals surface area contributed by atoms with Crippen LogP contribution in [-0.2, 0) is 18.3 Å². The van der Waals surface area contributed by atoms with Crippen molar-refractivity contribution in [2.75, 3.05) is 13.2 Å². The Balaban J connectivity index is 1.77. The number of hydrogen-bond donors (Lipinski definition) is 1. The molecule has 1 unspecified atom stereocenters. The van der Waals surface area contributed by atoms with Crippen molar-refractivity contribution in [2.45, 2.75) is 31.9 Å². The quantitative estimate of drug-likeness (QED) is 0.785. The first kappa shape index (κ1) is 10.6. The molecule has 15 heavy (non-hydrogen) atoms. The summed E-state index contributed by atoms with van der Waals surface area (Å²) >= 11 is 0. The van der Waals surface area contributed by atoms with Crippen molar-refractivity contribution in [3.63, 3.8) is 0 Å². The van der Waals surface area contributed by atoms with Crippen LogP contribution in [0, 0.1) is 0 Å². The van der Waals surface area contributed by atoms with Crippen LogP contribution in [0.15, 0.2) is 6.20 Å². The zero-order valence-electron chi connectivity index (χ0n) is 9.36. The van der Waals surface area contributed by atoms with Crippen LogP contribution in [-0.4, -0.2) is 33.7 Å². The van der Waals surface area contributed by atoms with Crippen LogP contribution in [0.25, 0.3) is 0 Å². The molecule has 0 bridgehead atoms. The molecule has 0 radical (unpaired) electrons. The van der Waals surface area contributed by atoms with E-state index in [4.69, 9.17) is 4.74 Å². The minimum atomic E-state index is 0.0199. The highest BCUT2D eigenvalue weighted by molar-refractivity contribution is 4.93. The molecule has 1 atom stereocenters. The van der Waals surface area contributed by atoms with E-state index in [9.17, 15) is 0 Å². The average Bonchev–Trinajstić information content (AvgIpc) is 2.78. The molecule has 2 heterocycles. The van der Waals surface area contributed by atoms with Crippen molar-refractivity contribution in [1.82, 2.24) is 20.3 Å². The SMILES string of the molecule is Cn1nncc1CNCC1(C)CCCO1. The third-order valence-electron chi connectivity index (χ3n) is 2.91. The second-order valence-electron chi connectivity index (χ2n) is 4.35. The molecule has 1 aromatic heterocycles. The van der Waals surface area contributed by atoms with Crippen LogP contribution in [0.5, 0.6) is 0 Å². The fourth-order valence-electron chi connectivity index (χ4n) is 1.90. The molecule has 0 spiro atoms. The van der Waals surface area contributed by atoms with Gasteiger partial charge in [-0.05, 0) is 19.8 Å². The van der Waals surface area contributed by atoms with Gasteiger partial charge in [0, 0.05) is 26.7 Å². The minimum Gasteiger partial charge on any atom is -0.374 e. The Kier molecular flexibility index (Phi) is 3.02. The van der Waals surface area contributed by atoms with Crippen molar-refractivity contribution in [2.24, 2.45) is 7.05 Å². The molecule has 0 amide bonds. The lowest BCUT2D eigenvalue weighted by molar-refractivity contribution is 0.0205. The van der Waals surface area contributed by atoms with Crippen LogP contribution < -0.4 is 5.32 Å². The molecule has 1 N–H and O–H groups in total. The molecule has 1 saturated heterocycles. The molecule has 0 saturated carbocycles. The van der Waals surface area contributed by atoms with Crippen LogP contribution >= 0.6 is 0 Å². The van der Waals surface area contributed by atoms with Crippen LogP contribution in [0.2, 0.25) is 0 Å². The molecule has 1 fully saturated rings. The molecule has 1 aliphatic heterocycles. The maximum Gasteiger partial charge on any atom is 0.0779 e. The summed E-state index contributed by atoms with van der Waals surface area (Å²) in [5.74, 6) is 0. The number of rotatable bonds is 4. The third kappa shape index (κ3) is 2.54. The topological polar surface area (TPSA) is 52.0 Å². The number of ether oxygens (including phenoxy) is 1. The Morgan fingerprint density at radius 2 is 2.53 bits per heavy atom. The van der Waals surface area contributed by atoms with Gasteiger partial charge in [-0.15, -0.1) is 5.10 Å². The van der Waals surface area contributed by atoms with Gasteiger partial charge < -0.3 is 10.1 Å². The van der Waals surface area contributed by atoms with Crippen molar-refractivity contribution < 1.29 is 4.74 Å². The minimum absolute atomic E-state index is 0.0199. The average molecular weight is 210 g/mol.